The summed E-state index contributed by atoms with van der Waals surface area (Å²) < 4.78 is 4.88. The molecule has 1 aliphatic rings. The summed E-state index contributed by atoms with van der Waals surface area (Å²) in [6.07, 6.45) is 1.87. The molecular weight excluding hydrogens is 224 g/mol. The van der Waals surface area contributed by atoms with Gasteiger partial charge in [-0.1, -0.05) is 0 Å². The SMILES string of the molecule is COc1ccc(NC(=O)C2CC2C(=O)O)cn1. The highest BCUT2D eigenvalue weighted by Gasteiger charge is 2.48. The molecule has 0 aromatic carbocycles. The van der Waals surface area contributed by atoms with Crippen LogP contribution in [0.1, 0.15) is 6.42 Å². The summed E-state index contributed by atoms with van der Waals surface area (Å²) in [4.78, 5) is 26.1. The van der Waals surface area contributed by atoms with Crippen molar-refractivity contribution in [3.05, 3.63) is 18.3 Å². The van der Waals surface area contributed by atoms with Crippen molar-refractivity contribution < 1.29 is 19.4 Å². The van der Waals surface area contributed by atoms with Crippen LogP contribution in [0, 0.1) is 11.8 Å². The Balaban J connectivity index is 1.93. The lowest BCUT2D eigenvalue weighted by atomic mass is 10.3. The van der Waals surface area contributed by atoms with Gasteiger partial charge in [-0.25, -0.2) is 4.98 Å². The number of amides is 1. The Labute approximate surface area is 97.6 Å². The van der Waals surface area contributed by atoms with Gasteiger partial charge >= 0.3 is 5.97 Å². The summed E-state index contributed by atoms with van der Waals surface area (Å²) >= 11 is 0. The van der Waals surface area contributed by atoms with Crippen LogP contribution in [0.2, 0.25) is 0 Å². The van der Waals surface area contributed by atoms with Gasteiger partial charge in [-0.15, -0.1) is 0 Å². The number of pyridine rings is 1. The fraction of sp³-hybridized carbons (Fsp3) is 0.364. The summed E-state index contributed by atoms with van der Waals surface area (Å²) in [5, 5.41) is 11.3. The lowest BCUT2D eigenvalue weighted by molar-refractivity contribution is -0.139. The predicted molar refractivity (Wildman–Crippen MR) is 58.7 cm³/mol. The largest absolute Gasteiger partial charge is 0.481 e. The number of hydrogen-bond donors (Lipinski definition) is 2. The molecule has 6 heteroatoms. The molecule has 0 spiro atoms. The third-order valence-corrected chi connectivity index (χ3v) is 2.66. The Morgan fingerprint density at radius 1 is 1.47 bits per heavy atom. The van der Waals surface area contributed by atoms with Crippen molar-refractivity contribution in [3.63, 3.8) is 0 Å². The lowest BCUT2D eigenvalue weighted by Gasteiger charge is -2.04. The molecule has 1 fully saturated rings. The molecule has 17 heavy (non-hydrogen) atoms. The number of nitrogens with one attached hydrogen (secondary N) is 1. The zero-order chi connectivity index (χ0) is 12.4. The molecule has 1 saturated carbocycles. The van der Waals surface area contributed by atoms with Gasteiger partial charge in [0.15, 0.2) is 0 Å². The normalized spacial score (nSPS) is 21.7. The maximum Gasteiger partial charge on any atom is 0.307 e. The first-order valence-electron chi connectivity index (χ1n) is 5.15. The van der Waals surface area contributed by atoms with Gasteiger partial charge in [-0.2, -0.15) is 0 Å². The smallest absolute Gasteiger partial charge is 0.307 e. The van der Waals surface area contributed by atoms with Crippen molar-refractivity contribution in [3.8, 4) is 5.88 Å². The molecule has 1 aromatic rings. The number of carbonyl (C=O) groups is 2. The molecule has 1 heterocycles. The van der Waals surface area contributed by atoms with Gasteiger partial charge in [-0.3, -0.25) is 9.59 Å². The minimum atomic E-state index is -0.919. The van der Waals surface area contributed by atoms with Crippen LogP contribution in [0.5, 0.6) is 5.88 Å². The summed E-state index contributed by atoms with van der Waals surface area (Å²) in [6.45, 7) is 0. The molecule has 0 bridgehead atoms. The van der Waals surface area contributed by atoms with E-state index in [2.05, 4.69) is 10.3 Å². The number of anilines is 1. The molecule has 0 aliphatic heterocycles. The Kier molecular flexibility index (Phi) is 2.95. The average molecular weight is 236 g/mol. The first kappa shape index (κ1) is 11.4. The number of rotatable bonds is 4. The number of aliphatic carboxylic acids is 1. The van der Waals surface area contributed by atoms with Crippen LogP contribution in [0.25, 0.3) is 0 Å². The molecule has 1 aliphatic carbocycles. The number of nitrogens with zero attached hydrogens (tertiary/aromatic N) is 1. The van der Waals surface area contributed by atoms with Gasteiger partial charge in [0.25, 0.3) is 0 Å². The summed E-state index contributed by atoms with van der Waals surface area (Å²) in [6, 6.07) is 3.28. The van der Waals surface area contributed by atoms with Crippen molar-refractivity contribution >= 4 is 17.6 Å². The van der Waals surface area contributed by atoms with E-state index in [4.69, 9.17) is 9.84 Å². The minimum absolute atomic E-state index is 0.274. The molecule has 2 unspecified atom stereocenters. The molecule has 1 amide bonds. The fourth-order valence-electron chi connectivity index (χ4n) is 1.57. The van der Waals surface area contributed by atoms with Gasteiger partial charge < -0.3 is 15.2 Å². The number of hydrogen-bond acceptors (Lipinski definition) is 4. The van der Waals surface area contributed by atoms with Crippen LogP contribution in [0.4, 0.5) is 5.69 Å². The summed E-state index contributed by atoms with van der Waals surface area (Å²) in [5.74, 6) is -1.70. The Hall–Kier alpha value is -2.11. The first-order chi connectivity index (χ1) is 8.11. The van der Waals surface area contributed by atoms with Crippen LogP contribution in [-0.4, -0.2) is 29.1 Å². The van der Waals surface area contributed by atoms with E-state index in [1.807, 2.05) is 0 Å². The summed E-state index contributed by atoms with van der Waals surface area (Å²) in [5.41, 5.74) is 0.534. The molecular formula is C11H12N2O4. The van der Waals surface area contributed by atoms with E-state index in [-0.39, 0.29) is 5.91 Å². The second-order valence-electron chi connectivity index (χ2n) is 3.87. The van der Waals surface area contributed by atoms with Gasteiger partial charge in [-0.05, 0) is 12.5 Å². The second-order valence-corrected chi connectivity index (χ2v) is 3.87. The van der Waals surface area contributed by atoms with Crippen molar-refractivity contribution in [2.75, 3.05) is 12.4 Å². The average Bonchev–Trinajstić information content (AvgIpc) is 3.10. The highest BCUT2D eigenvalue weighted by Crippen LogP contribution is 2.39. The zero-order valence-corrected chi connectivity index (χ0v) is 9.21. The number of carbonyl (C=O) groups excluding carboxylic acids is 1. The van der Waals surface area contributed by atoms with Crippen LogP contribution in [-0.2, 0) is 9.59 Å². The molecule has 6 nitrogen and oxygen atoms in total. The van der Waals surface area contributed by atoms with E-state index >= 15 is 0 Å². The van der Waals surface area contributed by atoms with Crippen LogP contribution < -0.4 is 10.1 Å². The van der Waals surface area contributed by atoms with Crippen molar-refractivity contribution in [2.24, 2.45) is 11.8 Å². The quantitative estimate of drug-likeness (QED) is 0.805. The predicted octanol–water partition coefficient (Wildman–Crippen LogP) is 0.749. The molecule has 1 aromatic heterocycles. The van der Waals surface area contributed by atoms with Crippen molar-refractivity contribution in [1.82, 2.24) is 4.98 Å². The van der Waals surface area contributed by atoms with Gasteiger partial charge in [0.2, 0.25) is 11.8 Å². The highest BCUT2D eigenvalue weighted by atomic mass is 16.5. The molecule has 2 N–H and O–H groups in total. The maximum absolute atomic E-state index is 11.6. The Bertz CT molecular complexity index is 443. The fourth-order valence-corrected chi connectivity index (χ4v) is 1.57. The number of aromatic nitrogens is 1. The number of ether oxygens (including phenoxy) is 1. The third-order valence-electron chi connectivity index (χ3n) is 2.66. The lowest BCUT2D eigenvalue weighted by Crippen LogP contribution is -2.16. The molecule has 2 atom stereocenters. The van der Waals surface area contributed by atoms with Crippen molar-refractivity contribution in [2.45, 2.75) is 6.42 Å². The molecule has 90 valence electrons. The Morgan fingerprint density at radius 3 is 2.71 bits per heavy atom. The summed E-state index contributed by atoms with van der Waals surface area (Å²) in [7, 11) is 1.50. The molecule has 0 saturated heterocycles. The third kappa shape index (κ3) is 2.52. The maximum atomic E-state index is 11.6. The van der Waals surface area contributed by atoms with E-state index in [0.29, 0.717) is 18.0 Å². The van der Waals surface area contributed by atoms with E-state index in [1.54, 1.807) is 12.1 Å². The molecule has 2 rings (SSSR count). The van der Waals surface area contributed by atoms with Crippen molar-refractivity contribution in [1.29, 1.82) is 0 Å². The first-order valence-corrected chi connectivity index (χ1v) is 5.15. The Morgan fingerprint density at radius 2 is 2.24 bits per heavy atom. The van der Waals surface area contributed by atoms with E-state index in [9.17, 15) is 9.59 Å². The monoisotopic (exact) mass is 236 g/mol. The van der Waals surface area contributed by atoms with Gasteiger partial charge in [0.1, 0.15) is 0 Å². The second kappa shape index (κ2) is 4.40. The zero-order valence-electron chi connectivity index (χ0n) is 9.21. The number of carboxylic acids is 1. The van der Waals surface area contributed by atoms with Crippen LogP contribution >= 0.6 is 0 Å². The van der Waals surface area contributed by atoms with Gasteiger partial charge in [0.05, 0.1) is 30.8 Å². The van der Waals surface area contributed by atoms with Gasteiger partial charge in [0, 0.05) is 6.07 Å². The topological polar surface area (TPSA) is 88.5 Å². The van der Waals surface area contributed by atoms with E-state index in [0.717, 1.165) is 0 Å². The number of carboxylic acid groups (broad SMARTS) is 1. The van der Waals surface area contributed by atoms with E-state index in [1.165, 1.54) is 13.3 Å². The number of methoxy groups -OCH3 is 1. The van der Waals surface area contributed by atoms with Crippen LogP contribution in [0.15, 0.2) is 18.3 Å². The highest BCUT2D eigenvalue weighted by molar-refractivity contribution is 5.98. The minimum Gasteiger partial charge on any atom is -0.481 e. The standard InChI is InChI=1S/C11H12N2O4/c1-17-9-3-2-6(5-12-9)13-10(14)7-4-8(7)11(15)16/h2-3,5,7-8H,4H2,1H3,(H,13,14)(H,15,16). The molecule has 0 radical (unpaired) electrons. The van der Waals surface area contributed by atoms with E-state index < -0.39 is 17.8 Å². The van der Waals surface area contributed by atoms with Crippen LogP contribution in [0.3, 0.4) is 0 Å².